The van der Waals surface area contributed by atoms with E-state index in [1.165, 1.54) is 35.6 Å². The second kappa shape index (κ2) is 13.5. The van der Waals surface area contributed by atoms with Gasteiger partial charge in [-0.3, -0.25) is 4.79 Å². The number of nitrogens with zero attached hydrogens (tertiary/aromatic N) is 2. The Hall–Kier alpha value is -4.00. The predicted octanol–water partition coefficient (Wildman–Crippen LogP) is 4.25. The zero-order valence-electron chi connectivity index (χ0n) is 24.6. The van der Waals surface area contributed by atoms with E-state index in [1.807, 2.05) is 6.92 Å². The highest BCUT2D eigenvalue weighted by Crippen LogP contribution is 2.30. The Morgan fingerprint density at radius 3 is 2.44 bits per heavy atom. The molecular formula is C31H37FN4O6S. The number of likely N-dealkylation sites (N-methyl/N-ethyl adjacent to an activating group) is 1. The molecule has 0 fully saturated rings. The van der Waals surface area contributed by atoms with Gasteiger partial charge in [0.05, 0.1) is 30.5 Å². The van der Waals surface area contributed by atoms with Gasteiger partial charge in [-0.2, -0.15) is 4.31 Å². The second-order valence-corrected chi connectivity index (χ2v) is 12.9. The number of nitrogens with one attached hydrogen (secondary N) is 2. The first kappa shape index (κ1) is 31.9. The molecule has 0 radical (unpaired) electrons. The molecule has 3 amide bonds. The highest BCUT2D eigenvalue weighted by Gasteiger charge is 2.33. The zero-order chi connectivity index (χ0) is 31.3. The van der Waals surface area contributed by atoms with Gasteiger partial charge < -0.3 is 25.4 Å². The lowest BCUT2D eigenvalue weighted by atomic mass is 10.0. The minimum Gasteiger partial charge on any atom is -0.488 e. The minimum absolute atomic E-state index is 0.00683. The topological polar surface area (TPSA) is 128 Å². The molecule has 3 aromatic carbocycles. The summed E-state index contributed by atoms with van der Waals surface area (Å²) in [7, 11) is -2.34. The standard InChI is InChI=1S/C31H37FN4O6S/c1-20-7-5-6-8-29(20)43(40,41)35(4)18-28-21(2)17-36(22(3)19-37)30(38)16-23-15-26(13-14-27(23)42-28)34-31(39)33-25-11-9-24(32)10-12-25/h5-15,21-22,28,37H,16-19H2,1-4H3,(H2,33,34,39)/t21-,22-,28-/m0/s1. The van der Waals surface area contributed by atoms with Gasteiger partial charge in [-0.1, -0.05) is 25.1 Å². The molecule has 10 nitrogen and oxygen atoms in total. The van der Waals surface area contributed by atoms with Gasteiger partial charge in [0.15, 0.2) is 0 Å². The number of aliphatic hydroxyl groups excluding tert-OH is 1. The maximum atomic E-state index is 13.5. The lowest BCUT2D eigenvalue weighted by Crippen LogP contribution is -2.48. The van der Waals surface area contributed by atoms with E-state index in [9.17, 15) is 27.5 Å². The van der Waals surface area contributed by atoms with Crippen LogP contribution in [0.5, 0.6) is 5.75 Å². The molecule has 0 aliphatic carbocycles. The van der Waals surface area contributed by atoms with Crippen molar-refractivity contribution < 1.29 is 32.2 Å². The normalized spacial score (nSPS) is 18.1. The van der Waals surface area contributed by atoms with Crippen molar-refractivity contribution in [3.63, 3.8) is 0 Å². The molecule has 4 rings (SSSR count). The molecule has 0 aromatic heterocycles. The maximum absolute atomic E-state index is 13.5. The molecule has 0 unspecified atom stereocenters. The third-order valence-corrected chi connectivity index (χ3v) is 9.48. The number of sulfonamides is 1. The molecule has 0 spiro atoms. The number of rotatable bonds is 8. The van der Waals surface area contributed by atoms with Crippen LogP contribution in [0.25, 0.3) is 0 Å². The number of anilines is 2. The number of halogens is 1. The molecule has 0 bridgehead atoms. The second-order valence-electron chi connectivity index (χ2n) is 10.8. The number of amides is 3. The zero-order valence-corrected chi connectivity index (χ0v) is 25.4. The number of aryl methyl sites for hydroxylation is 1. The van der Waals surface area contributed by atoms with Gasteiger partial charge in [-0.25, -0.2) is 17.6 Å². The quantitative estimate of drug-likeness (QED) is 0.349. The molecule has 43 heavy (non-hydrogen) atoms. The molecule has 1 aliphatic rings. The van der Waals surface area contributed by atoms with Crippen LogP contribution < -0.4 is 15.4 Å². The summed E-state index contributed by atoms with van der Waals surface area (Å²) in [6, 6.07) is 15.9. The molecule has 3 aromatic rings. The fourth-order valence-electron chi connectivity index (χ4n) is 4.92. The van der Waals surface area contributed by atoms with Crippen molar-refractivity contribution in [2.75, 3.05) is 37.4 Å². The van der Waals surface area contributed by atoms with E-state index in [0.29, 0.717) is 28.3 Å². The number of carbonyl (C=O) groups excluding carboxylic acids is 2. The van der Waals surface area contributed by atoms with Crippen LogP contribution in [0.4, 0.5) is 20.6 Å². The van der Waals surface area contributed by atoms with Crippen LogP contribution in [0, 0.1) is 18.7 Å². The van der Waals surface area contributed by atoms with E-state index in [4.69, 9.17) is 4.74 Å². The van der Waals surface area contributed by atoms with Crippen LogP contribution in [0.3, 0.4) is 0 Å². The molecule has 3 N–H and O–H groups in total. The lowest BCUT2D eigenvalue weighted by Gasteiger charge is -2.34. The Morgan fingerprint density at radius 2 is 1.77 bits per heavy atom. The fraction of sp³-hybridized carbons (Fsp3) is 0.355. The lowest BCUT2D eigenvalue weighted by molar-refractivity contribution is -0.134. The Labute approximate surface area is 251 Å². The van der Waals surface area contributed by atoms with Crippen LogP contribution in [-0.4, -0.2) is 73.6 Å². The van der Waals surface area contributed by atoms with E-state index in [1.54, 1.807) is 61.2 Å². The largest absolute Gasteiger partial charge is 0.488 e. The Morgan fingerprint density at radius 1 is 1.12 bits per heavy atom. The van der Waals surface area contributed by atoms with Gasteiger partial charge in [-0.05, 0) is 67.9 Å². The van der Waals surface area contributed by atoms with E-state index < -0.39 is 34.0 Å². The van der Waals surface area contributed by atoms with Gasteiger partial charge in [-0.15, -0.1) is 0 Å². The smallest absolute Gasteiger partial charge is 0.323 e. The highest BCUT2D eigenvalue weighted by molar-refractivity contribution is 7.89. The van der Waals surface area contributed by atoms with Crippen molar-refractivity contribution in [3.8, 4) is 5.75 Å². The molecule has 230 valence electrons. The van der Waals surface area contributed by atoms with Crippen LogP contribution in [-0.2, 0) is 21.2 Å². The minimum atomic E-state index is -3.84. The van der Waals surface area contributed by atoms with Crippen molar-refractivity contribution >= 4 is 33.3 Å². The van der Waals surface area contributed by atoms with Crippen LogP contribution >= 0.6 is 0 Å². The van der Waals surface area contributed by atoms with Gasteiger partial charge in [0.1, 0.15) is 17.7 Å². The monoisotopic (exact) mass is 612 g/mol. The van der Waals surface area contributed by atoms with E-state index in [2.05, 4.69) is 10.6 Å². The maximum Gasteiger partial charge on any atom is 0.323 e. The van der Waals surface area contributed by atoms with Gasteiger partial charge >= 0.3 is 6.03 Å². The van der Waals surface area contributed by atoms with Crippen LogP contribution in [0.15, 0.2) is 71.6 Å². The van der Waals surface area contributed by atoms with Crippen molar-refractivity contribution in [1.29, 1.82) is 0 Å². The first-order valence-corrected chi connectivity index (χ1v) is 15.4. The summed E-state index contributed by atoms with van der Waals surface area (Å²) >= 11 is 0. The first-order chi connectivity index (χ1) is 20.4. The summed E-state index contributed by atoms with van der Waals surface area (Å²) in [5.41, 5.74) is 1.90. The Balaban J connectivity index is 1.62. The molecule has 1 heterocycles. The SMILES string of the molecule is Cc1ccccc1S(=O)(=O)N(C)C[C@@H]1Oc2ccc(NC(=O)Nc3ccc(F)cc3)cc2CC(=O)N([C@@H](C)CO)C[C@@H]1C. The van der Waals surface area contributed by atoms with Crippen LogP contribution in [0.2, 0.25) is 0 Å². The van der Waals surface area contributed by atoms with Gasteiger partial charge in [0.25, 0.3) is 0 Å². The Bertz CT molecular complexity index is 1570. The highest BCUT2D eigenvalue weighted by atomic mass is 32.2. The third-order valence-electron chi connectivity index (χ3n) is 7.50. The first-order valence-electron chi connectivity index (χ1n) is 13.9. The average Bonchev–Trinajstić information content (AvgIpc) is 3.01. The van der Waals surface area contributed by atoms with Crippen LogP contribution in [0.1, 0.15) is 25.0 Å². The molecule has 12 heteroatoms. The van der Waals surface area contributed by atoms with Crippen molar-refractivity contribution in [2.24, 2.45) is 5.92 Å². The third kappa shape index (κ3) is 7.70. The molecule has 0 saturated carbocycles. The summed E-state index contributed by atoms with van der Waals surface area (Å²) in [5.74, 6) is -0.593. The number of carbonyl (C=O) groups is 2. The Kier molecular flexibility index (Phi) is 10.0. The fourth-order valence-corrected chi connectivity index (χ4v) is 6.32. The summed E-state index contributed by atoms with van der Waals surface area (Å²) in [6.45, 7) is 5.36. The number of fused-ring (bicyclic) bond motifs is 1. The number of hydrogen-bond acceptors (Lipinski definition) is 6. The van der Waals surface area contributed by atoms with E-state index >= 15 is 0 Å². The summed E-state index contributed by atoms with van der Waals surface area (Å²) < 4.78 is 47.8. The van der Waals surface area contributed by atoms with Crippen molar-refractivity contribution in [1.82, 2.24) is 9.21 Å². The van der Waals surface area contributed by atoms with Crippen molar-refractivity contribution in [3.05, 3.63) is 83.7 Å². The number of aliphatic hydroxyl groups is 1. The molecule has 3 atom stereocenters. The number of hydrogen-bond donors (Lipinski definition) is 3. The van der Waals surface area contributed by atoms with Gasteiger partial charge in [0.2, 0.25) is 15.9 Å². The number of ether oxygens (including phenoxy) is 1. The summed E-state index contributed by atoms with van der Waals surface area (Å²) in [6.07, 6.45) is -0.714. The average molecular weight is 613 g/mol. The molecular weight excluding hydrogens is 575 g/mol. The van der Waals surface area contributed by atoms with Crippen molar-refractivity contribution in [2.45, 2.75) is 44.2 Å². The molecule has 0 saturated heterocycles. The summed E-state index contributed by atoms with van der Waals surface area (Å²) in [4.78, 5) is 27.8. The molecule has 1 aliphatic heterocycles. The number of benzene rings is 3. The number of urea groups is 1. The predicted molar refractivity (Wildman–Crippen MR) is 162 cm³/mol. The van der Waals surface area contributed by atoms with E-state index in [0.717, 1.165) is 0 Å². The van der Waals surface area contributed by atoms with E-state index in [-0.39, 0.29) is 42.8 Å². The summed E-state index contributed by atoms with van der Waals surface area (Å²) in [5, 5.41) is 15.2. The van der Waals surface area contributed by atoms with Gasteiger partial charge in [0, 0.05) is 36.4 Å².